The SMILES string of the molecule is C[C@H](OC(=O)CCC(=O)c1ccc(F)cc1)C(=O)Nc1ccc(Cl)cc1. The van der Waals surface area contributed by atoms with E-state index >= 15 is 0 Å². The second-order valence-electron chi connectivity index (χ2n) is 5.56. The van der Waals surface area contributed by atoms with Crippen molar-refractivity contribution in [1.29, 1.82) is 0 Å². The number of esters is 1. The van der Waals surface area contributed by atoms with E-state index in [-0.39, 0.29) is 18.6 Å². The van der Waals surface area contributed by atoms with Crippen LogP contribution in [0.3, 0.4) is 0 Å². The zero-order valence-corrected chi connectivity index (χ0v) is 14.8. The minimum absolute atomic E-state index is 0.0873. The van der Waals surface area contributed by atoms with Gasteiger partial charge in [0.25, 0.3) is 5.91 Å². The second-order valence-corrected chi connectivity index (χ2v) is 5.99. The summed E-state index contributed by atoms with van der Waals surface area (Å²) < 4.78 is 17.9. The summed E-state index contributed by atoms with van der Waals surface area (Å²) in [5.74, 6) is -1.91. The van der Waals surface area contributed by atoms with Crippen molar-refractivity contribution >= 4 is 34.9 Å². The van der Waals surface area contributed by atoms with Crippen LogP contribution >= 0.6 is 11.6 Å². The van der Waals surface area contributed by atoms with Crippen molar-refractivity contribution in [1.82, 2.24) is 0 Å². The molecule has 0 bridgehead atoms. The molecule has 0 spiro atoms. The summed E-state index contributed by atoms with van der Waals surface area (Å²) >= 11 is 5.76. The van der Waals surface area contributed by atoms with E-state index in [9.17, 15) is 18.8 Å². The Balaban J connectivity index is 1.79. The third kappa shape index (κ3) is 5.97. The zero-order valence-electron chi connectivity index (χ0n) is 14.0. The van der Waals surface area contributed by atoms with Gasteiger partial charge in [-0.1, -0.05) is 11.6 Å². The Kier molecular flexibility index (Phi) is 6.86. The molecule has 1 N–H and O–H groups in total. The van der Waals surface area contributed by atoms with Crippen molar-refractivity contribution in [2.75, 3.05) is 5.32 Å². The smallest absolute Gasteiger partial charge is 0.307 e. The van der Waals surface area contributed by atoms with Gasteiger partial charge in [-0.25, -0.2) is 4.39 Å². The molecular formula is C19H17ClFNO4. The number of carbonyl (C=O) groups is 3. The average Bonchev–Trinajstić information content (AvgIpc) is 2.62. The molecule has 0 unspecified atom stereocenters. The van der Waals surface area contributed by atoms with Crippen molar-refractivity contribution in [3.8, 4) is 0 Å². The van der Waals surface area contributed by atoms with Gasteiger partial charge < -0.3 is 10.1 Å². The minimum Gasteiger partial charge on any atom is -0.453 e. The summed E-state index contributed by atoms with van der Waals surface area (Å²) in [6.07, 6.45) is -1.27. The van der Waals surface area contributed by atoms with E-state index in [0.717, 1.165) is 0 Å². The van der Waals surface area contributed by atoms with Crippen LogP contribution in [0.25, 0.3) is 0 Å². The van der Waals surface area contributed by atoms with Crippen LogP contribution in [0, 0.1) is 5.82 Å². The third-order valence-corrected chi connectivity index (χ3v) is 3.76. The molecule has 0 fully saturated rings. The molecule has 0 saturated heterocycles. The van der Waals surface area contributed by atoms with Crippen LogP contribution < -0.4 is 5.32 Å². The molecule has 5 nitrogen and oxygen atoms in total. The number of anilines is 1. The number of carbonyl (C=O) groups excluding carboxylic acids is 3. The van der Waals surface area contributed by atoms with Crippen LogP contribution in [-0.4, -0.2) is 23.8 Å². The van der Waals surface area contributed by atoms with Gasteiger partial charge in [0.15, 0.2) is 11.9 Å². The first kappa shape index (κ1) is 19.6. The highest BCUT2D eigenvalue weighted by molar-refractivity contribution is 6.30. The fraction of sp³-hybridized carbons (Fsp3) is 0.211. The van der Waals surface area contributed by atoms with E-state index in [1.165, 1.54) is 31.2 Å². The first-order valence-corrected chi connectivity index (χ1v) is 8.27. The van der Waals surface area contributed by atoms with E-state index in [1.807, 2.05) is 0 Å². The molecule has 0 saturated carbocycles. The fourth-order valence-electron chi connectivity index (χ4n) is 2.08. The quantitative estimate of drug-likeness (QED) is 0.584. The van der Waals surface area contributed by atoms with Gasteiger partial charge in [-0.2, -0.15) is 0 Å². The normalized spacial score (nSPS) is 11.5. The summed E-state index contributed by atoms with van der Waals surface area (Å²) in [5, 5.41) is 3.13. The van der Waals surface area contributed by atoms with Gasteiger partial charge in [0, 0.05) is 22.7 Å². The highest BCUT2D eigenvalue weighted by atomic mass is 35.5. The summed E-state index contributed by atoms with van der Waals surface area (Å²) in [5.41, 5.74) is 0.835. The largest absolute Gasteiger partial charge is 0.453 e. The van der Waals surface area contributed by atoms with E-state index < -0.39 is 23.8 Å². The molecular weight excluding hydrogens is 361 g/mol. The van der Waals surface area contributed by atoms with Crippen molar-refractivity contribution < 1.29 is 23.5 Å². The van der Waals surface area contributed by atoms with Crippen molar-refractivity contribution in [3.63, 3.8) is 0 Å². The van der Waals surface area contributed by atoms with E-state index in [2.05, 4.69) is 5.32 Å². The van der Waals surface area contributed by atoms with Crippen LogP contribution in [0.5, 0.6) is 0 Å². The molecule has 1 amide bonds. The predicted octanol–water partition coefficient (Wildman–Crippen LogP) is 4.01. The fourth-order valence-corrected chi connectivity index (χ4v) is 2.21. The Labute approximate surface area is 155 Å². The van der Waals surface area contributed by atoms with E-state index in [1.54, 1.807) is 24.3 Å². The van der Waals surface area contributed by atoms with Crippen LogP contribution in [0.1, 0.15) is 30.1 Å². The summed E-state index contributed by atoms with van der Waals surface area (Å²) in [6, 6.07) is 11.5. The molecule has 26 heavy (non-hydrogen) atoms. The maximum absolute atomic E-state index is 12.8. The first-order valence-electron chi connectivity index (χ1n) is 7.90. The molecule has 2 aromatic carbocycles. The maximum atomic E-state index is 12.8. The average molecular weight is 378 g/mol. The monoisotopic (exact) mass is 377 g/mol. The number of hydrogen-bond donors (Lipinski definition) is 1. The summed E-state index contributed by atoms with van der Waals surface area (Å²) in [4.78, 5) is 35.7. The molecule has 7 heteroatoms. The Bertz CT molecular complexity index is 790. The maximum Gasteiger partial charge on any atom is 0.307 e. The molecule has 0 aliphatic rings. The van der Waals surface area contributed by atoms with Crippen molar-refractivity contribution in [2.45, 2.75) is 25.9 Å². The molecule has 1 atom stereocenters. The lowest BCUT2D eigenvalue weighted by atomic mass is 10.1. The Morgan fingerprint density at radius 1 is 1.04 bits per heavy atom. The zero-order chi connectivity index (χ0) is 19.1. The van der Waals surface area contributed by atoms with Crippen molar-refractivity contribution in [3.05, 3.63) is 64.9 Å². The van der Waals surface area contributed by atoms with Gasteiger partial charge in [-0.05, 0) is 55.5 Å². The highest BCUT2D eigenvalue weighted by Gasteiger charge is 2.19. The second kappa shape index (κ2) is 9.10. The molecule has 2 aromatic rings. The van der Waals surface area contributed by atoms with Crippen LogP contribution in [0.2, 0.25) is 5.02 Å². The number of amides is 1. The topological polar surface area (TPSA) is 72.5 Å². The van der Waals surface area contributed by atoms with Crippen LogP contribution in [0.15, 0.2) is 48.5 Å². The number of benzene rings is 2. The molecule has 0 heterocycles. The molecule has 0 aromatic heterocycles. The van der Waals surface area contributed by atoms with Gasteiger partial charge in [0.05, 0.1) is 6.42 Å². The number of halogens is 2. The van der Waals surface area contributed by atoms with Gasteiger partial charge in [0.2, 0.25) is 0 Å². The molecule has 0 aliphatic carbocycles. The highest BCUT2D eigenvalue weighted by Crippen LogP contribution is 2.14. The number of ether oxygens (including phenoxy) is 1. The minimum atomic E-state index is -1.01. The third-order valence-electron chi connectivity index (χ3n) is 3.51. The number of rotatable bonds is 7. The van der Waals surface area contributed by atoms with E-state index in [0.29, 0.717) is 16.3 Å². The number of hydrogen-bond acceptors (Lipinski definition) is 4. The molecule has 0 aliphatic heterocycles. The summed E-state index contributed by atoms with van der Waals surface area (Å²) in [6.45, 7) is 1.44. The number of ketones is 1. The number of nitrogens with one attached hydrogen (secondary N) is 1. The first-order chi connectivity index (χ1) is 12.3. The summed E-state index contributed by atoms with van der Waals surface area (Å²) in [7, 11) is 0. The Morgan fingerprint density at radius 3 is 2.27 bits per heavy atom. The lowest BCUT2D eigenvalue weighted by Crippen LogP contribution is -2.30. The lowest BCUT2D eigenvalue weighted by Gasteiger charge is -2.13. The number of Topliss-reactive ketones (excluding diaryl/α,β-unsaturated/α-hetero) is 1. The molecule has 136 valence electrons. The van der Waals surface area contributed by atoms with E-state index in [4.69, 9.17) is 16.3 Å². The van der Waals surface area contributed by atoms with Gasteiger partial charge in [-0.15, -0.1) is 0 Å². The standard InChI is InChI=1S/C19H17ClFNO4/c1-12(19(25)22-16-8-4-14(20)5-9-16)26-18(24)11-10-17(23)13-2-6-15(21)7-3-13/h2-9,12H,10-11H2,1H3,(H,22,25)/t12-/m0/s1. The van der Waals surface area contributed by atoms with Gasteiger partial charge >= 0.3 is 5.97 Å². The molecule has 0 radical (unpaired) electrons. The Morgan fingerprint density at radius 2 is 1.65 bits per heavy atom. The Hall–Kier alpha value is -2.73. The lowest BCUT2D eigenvalue weighted by molar-refractivity contribution is -0.153. The van der Waals surface area contributed by atoms with Crippen LogP contribution in [0.4, 0.5) is 10.1 Å². The predicted molar refractivity (Wildman–Crippen MR) is 95.6 cm³/mol. The van der Waals surface area contributed by atoms with Crippen LogP contribution in [-0.2, 0) is 14.3 Å². The van der Waals surface area contributed by atoms with Crippen molar-refractivity contribution in [2.24, 2.45) is 0 Å². The van der Waals surface area contributed by atoms with Gasteiger partial charge in [-0.3, -0.25) is 14.4 Å². The van der Waals surface area contributed by atoms with Gasteiger partial charge in [0.1, 0.15) is 5.82 Å². The molecule has 2 rings (SSSR count).